The molecule has 50 heavy (non-hydrogen) atoms. The minimum atomic E-state index is 0.0157. The van der Waals surface area contributed by atoms with Gasteiger partial charge in [0.15, 0.2) is 5.84 Å². The van der Waals surface area contributed by atoms with E-state index in [0.717, 1.165) is 54.6 Å². The molecule has 0 radical (unpaired) electrons. The van der Waals surface area contributed by atoms with Gasteiger partial charge in [-0.05, 0) is 67.5 Å². The highest BCUT2D eigenvalue weighted by molar-refractivity contribution is 6.11. The summed E-state index contributed by atoms with van der Waals surface area (Å²) in [4.78, 5) is 12.6. The zero-order valence-corrected chi connectivity index (χ0v) is 28.0. The average Bonchev–Trinajstić information content (AvgIpc) is 3.70. The van der Waals surface area contributed by atoms with Crippen LogP contribution in [0.4, 0.5) is 11.4 Å². The fraction of sp³-hybridized carbons (Fsp3) is 0.178. The first-order valence-corrected chi connectivity index (χ1v) is 17.8. The first kappa shape index (κ1) is 30.3. The van der Waals surface area contributed by atoms with E-state index in [9.17, 15) is 0 Å². The summed E-state index contributed by atoms with van der Waals surface area (Å²) in [5.74, 6) is 1.17. The number of hydrogen-bond donors (Lipinski definition) is 1. The zero-order chi connectivity index (χ0) is 33.4. The SMILES string of the molecule is N=C(N=C(N=Cc1cccc(-n2c3c(c4ccccc42)CCC=C3)c1N1c2ccccc2C2C=CC=CC21)c1ccccc1)C1C=CCCC1. The number of aromatic nitrogens is 1. The van der Waals surface area contributed by atoms with Crippen molar-refractivity contribution in [2.75, 3.05) is 4.90 Å². The summed E-state index contributed by atoms with van der Waals surface area (Å²) < 4.78 is 2.46. The van der Waals surface area contributed by atoms with Crippen LogP contribution in [0.5, 0.6) is 0 Å². The number of anilines is 2. The lowest BCUT2D eigenvalue weighted by molar-refractivity contribution is 0.650. The maximum absolute atomic E-state index is 8.96. The molecule has 5 nitrogen and oxygen atoms in total. The molecule has 3 aliphatic carbocycles. The van der Waals surface area contributed by atoms with Crippen molar-refractivity contribution in [3.8, 4) is 5.69 Å². The third-order valence-corrected chi connectivity index (χ3v) is 10.5. The number of aliphatic imine (C=N–C) groups is 2. The molecule has 9 rings (SSSR count). The lowest BCUT2D eigenvalue weighted by atomic mass is 9.91. The van der Waals surface area contributed by atoms with Crippen LogP contribution in [-0.4, -0.2) is 28.5 Å². The van der Waals surface area contributed by atoms with Crippen molar-refractivity contribution >= 4 is 46.2 Å². The van der Waals surface area contributed by atoms with Crippen molar-refractivity contribution in [2.45, 2.75) is 44.1 Å². The molecule has 1 aliphatic heterocycles. The Balaban J connectivity index is 1.27. The maximum atomic E-state index is 8.96. The smallest absolute Gasteiger partial charge is 0.161 e. The Bertz CT molecular complexity index is 2300. The van der Waals surface area contributed by atoms with Crippen molar-refractivity contribution in [1.29, 1.82) is 5.41 Å². The number of fused-ring (bicyclic) bond motifs is 6. The molecule has 4 aliphatic rings. The van der Waals surface area contributed by atoms with Crippen LogP contribution in [0.3, 0.4) is 0 Å². The topological polar surface area (TPSA) is 56.7 Å². The van der Waals surface area contributed by atoms with E-state index in [4.69, 9.17) is 15.4 Å². The number of allylic oxidation sites excluding steroid dienone is 4. The lowest BCUT2D eigenvalue weighted by Crippen LogP contribution is -2.30. The lowest BCUT2D eigenvalue weighted by Gasteiger charge is -2.32. The number of rotatable bonds is 5. The fourth-order valence-electron chi connectivity index (χ4n) is 8.21. The predicted molar refractivity (Wildman–Crippen MR) is 209 cm³/mol. The molecule has 5 heteroatoms. The van der Waals surface area contributed by atoms with Gasteiger partial charge in [-0.2, -0.15) is 0 Å². The average molecular weight is 650 g/mol. The van der Waals surface area contributed by atoms with Crippen LogP contribution in [-0.2, 0) is 6.42 Å². The summed E-state index contributed by atoms with van der Waals surface area (Å²) in [5, 5.41) is 10.3. The van der Waals surface area contributed by atoms with Crippen molar-refractivity contribution < 1.29 is 0 Å². The number of aryl methyl sites for hydroxylation is 1. The van der Waals surface area contributed by atoms with Gasteiger partial charge in [0, 0.05) is 45.9 Å². The van der Waals surface area contributed by atoms with Gasteiger partial charge in [-0.15, -0.1) is 0 Å². The number of hydrogen-bond acceptors (Lipinski definition) is 2. The van der Waals surface area contributed by atoms with Crippen molar-refractivity contribution in [3.63, 3.8) is 0 Å². The van der Waals surface area contributed by atoms with E-state index >= 15 is 0 Å². The van der Waals surface area contributed by atoms with Gasteiger partial charge in [0.1, 0.15) is 5.84 Å². The van der Waals surface area contributed by atoms with Crippen molar-refractivity contribution in [3.05, 3.63) is 168 Å². The van der Waals surface area contributed by atoms with E-state index in [1.165, 1.54) is 33.4 Å². The second-order valence-electron chi connectivity index (χ2n) is 13.5. The van der Waals surface area contributed by atoms with E-state index in [1.54, 1.807) is 0 Å². The predicted octanol–water partition coefficient (Wildman–Crippen LogP) is 10.5. The normalized spacial score (nSPS) is 20.8. The van der Waals surface area contributed by atoms with Crippen molar-refractivity contribution in [1.82, 2.24) is 4.57 Å². The molecule has 1 aromatic heterocycles. The Morgan fingerprint density at radius 2 is 1.60 bits per heavy atom. The molecule has 0 amide bonds. The largest absolute Gasteiger partial charge is 0.331 e. The first-order chi connectivity index (χ1) is 24.8. The molecule has 3 atom stereocenters. The van der Waals surface area contributed by atoms with Gasteiger partial charge in [0.2, 0.25) is 0 Å². The molecule has 0 spiro atoms. The summed E-state index contributed by atoms with van der Waals surface area (Å²) in [7, 11) is 0. The number of nitrogens with one attached hydrogen (secondary N) is 1. The van der Waals surface area contributed by atoms with Gasteiger partial charge in [0.05, 0.1) is 22.9 Å². The molecule has 244 valence electrons. The molecule has 0 bridgehead atoms. The molecule has 0 saturated carbocycles. The third kappa shape index (κ3) is 5.21. The number of benzene rings is 4. The highest BCUT2D eigenvalue weighted by Gasteiger charge is 2.39. The Morgan fingerprint density at radius 3 is 2.50 bits per heavy atom. The van der Waals surface area contributed by atoms with Crippen LogP contribution in [0.1, 0.15) is 59.5 Å². The Kier molecular flexibility index (Phi) is 7.81. The first-order valence-electron chi connectivity index (χ1n) is 17.8. The monoisotopic (exact) mass is 649 g/mol. The van der Waals surface area contributed by atoms with Crippen LogP contribution in [0.25, 0.3) is 22.7 Å². The van der Waals surface area contributed by atoms with E-state index in [2.05, 4.69) is 125 Å². The quantitative estimate of drug-likeness (QED) is 0.115. The van der Waals surface area contributed by atoms with Crippen LogP contribution >= 0.6 is 0 Å². The summed E-state index contributed by atoms with van der Waals surface area (Å²) >= 11 is 0. The zero-order valence-electron chi connectivity index (χ0n) is 28.0. The number of nitrogens with zero attached hydrogens (tertiary/aromatic N) is 4. The molecule has 0 saturated heterocycles. The van der Waals surface area contributed by atoms with Crippen LogP contribution in [0, 0.1) is 11.3 Å². The van der Waals surface area contributed by atoms with Gasteiger partial charge >= 0.3 is 0 Å². The highest BCUT2D eigenvalue weighted by atomic mass is 15.2. The summed E-state index contributed by atoms with van der Waals surface area (Å²) in [6, 6.07) is 34.4. The van der Waals surface area contributed by atoms with Gasteiger partial charge < -0.3 is 9.47 Å². The van der Waals surface area contributed by atoms with Crippen molar-refractivity contribution in [2.24, 2.45) is 15.9 Å². The number of amidine groups is 2. The summed E-state index contributed by atoms with van der Waals surface area (Å²) in [6.45, 7) is 0. The Morgan fingerprint density at radius 1 is 0.780 bits per heavy atom. The molecule has 1 N–H and O–H groups in total. The minimum Gasteiger partial charge on any atom is -0.331 e. The van der Waals surface area contributed by atoms with Gasteiger partial charge in [0.25, 0.3) is 0 Å². The number of para-hydroxylation sites is 3. The molecule has 3 unspecified atom stereocenters. The van der Waals surface area contributed by atoms with Crippen LogP contribution < -0.4 is 4.90 Å². The van der Waals surface area contributed by atoms with E-state index < -0.39 is 0 Å². The second-order valence-corrected chi connectivity index (χ2v) is 13.5. The Labute approximate surface area is 293 Å². The molecule has 0 fully saturated rings. The molecule has 2 heterocycles. The van der Waals surface area contributed by atoms with Crippen LogP contribution in [0.15, 0.2) is 150 Å². The highest BCUT2D eigenvalue weighted by Crippen LogP contribution is 2.50. The molecule has 4 aromatic carbocycles. The summed E-state index contributed by atoms with van der Waals surface area (Å²) in [6.07, 6.45) is 25.1. The molecule has 5 aromatic rings. The third-order valence-electron chi connectivity index (χ3n) is 10.5. The van der Waals surface area contributed by atoms with E-state index in [-0.39, 0.29) is 17.9 Å². The van der Waals surface area contributed by atoms with Gasteiger partial charge in [-0.1, -0.05) is 121 Å². The summed E-state index contributed by atoms with van der Waals surface area (Å²) in [5.41, 5.74) is 10.5. The fourth-order valence-corrected chi connectivity index (χ4v) is 8.21. The molecular weight excluding hydrogens is 611 g/mol. The van der Waals surface area contributed by atoms with Gasteiger partial charge in [-0.25, -0.2) is 9.98 Å². The van der Waals surface area contributed by atoms with Crippen LogP contribution in [0.2, 0.25) is 0 Å². The van der Waals surface area contributed by atoms with E-state index in [0.29, 0.717) is 11.7 Å². The molecular formula is C45H39N5. The standard InChI is InChI=1S/C45H39N5/c46-44(31-16-3-1-4-17-31)48-45(32-18-5-2-6-19-32)47-30-33-20-15-29-42(49-38-25-11-7-21-34(38)35-22-8-12-26-39(35)49)43(33)50-40-27-13-9-23-36(40)37-24-10-14-28-41(37)50/h2-3,5-7,9-16,18-21,23-31,36,40,46H,1,4,8,17,22H2. The second kappa shape index (κ2) is 12.9. The Hall–Kier alpha value is -5.81. The maximum Gasteiger partial charge on any atom is 0.161 e. The minimum absolute atomic E-state index is 0.0157. The van der Waals surface area contributed by atoms with Gasteiger partial charge in [-0.3, -0.25) is 5.41 Å². The van der Waals surface area contributed by atoms with E-state index in [1.807, 2.05) is 36.5 Å².